The highest BCUT2D eigenvalue weighted by Gasteiger charge is 2.21. The molecule has 0 heterocycles. The Bertz CT molecular complexity index is 255. The maximum atomic E-state index is 9.32. The molecule has 1 aliphatic carbocycles. The molecule has 1 fully saturated rings. The Hall–Kier alpha value is -1.18. The molecule has 1 aromatic rings. The molecule has 2 heteroatoms. The average Bonchev–Trinajstić information content (AvgIpc) is 2.78. The number of rotatable bonds is 2. The highest BCUT2D eigenvalue weighted by atomic mass is 16.3. The van der Waals surface area contributed by atoms with Crippen LogP contribution in [0.15, 0.2) is 24.3 Å². The van der Waals surface area contributed by atoms with Crippen LogP contribution in [0.3, 0.4) is 0 Å². The van der Waals surface area contributed by atoms with E-state index in [2.05, 4.69) is 5.32 Å². The number of anilines is 1. The van der Waals surface area contributed by atoms with Gasteiger partial charge in [-0.2, -0.15) is 0 Å². The van der Waals surface area contributed by atoms with Gasteiger partial charge in [-0.1, -0.05) is 12.1 Å². The number of benzene rings is 1. The molecule has 0 aromatic heterocycles. The summed E-state index contributed by atoms with van der Waals surface area (Å²) in [4.78, 5) is 0. The van der Waals surface area contributed by atoms with Gasteiger partial charge in [-0.3, -0.25) is 0 Å². The smallest absolute Gasteiger partial charge is 0.138 e. The molecule has 0 amide bonds. The third-order valence-corrected chi connectivity index (χ3v) is 1.84. The van der Waals surface area contributed by atoms with Crippen LogP contribution in [0.5, 0.6) is 5.75 Å². The summed E-state index contributed by atoms with van der Waals surface area (Å²) in [7, 11) is 0. The zero-order valence-electron chi connectivity index (χ0n) is 6.25. The van der Waals surface area contributed by atoms with Crippen LogP contribution in [-0.4, -0.2) is 11.1 Å². The summed E-state index contributed by atoms with van der Waals surface area (Å²) in [6.07, 6.45) is 2.46. The van der Waals surface area contributed by atoms with Crippen LogP contribution in [0.1, 0.15) is 12.8 Å². The standard InChI is InChI=1S/C9H11NO/c11-9-4-2-1-3-8(9)10-7-5-6-7/h1-4,7,10-11H,5-6H2. The van der Waals surface area contributed by atoms with E-state index < -0.39 is 0 Å². The summed E-state index contributed by atoms with van der Waals surface area (Å²) in [5.74, 6) is 0.347. The van der Waals surface area contributed by atoms with Crippen molar-refractivity contribution in [3.8, 4) is 5.75 Å². The van der Waals surface area contributed by atoms with E-state index in [9.17, 15) is 5.11 Å². The lowest BCUT2D eigenvalue weighted by Gasteiger charge is -2.05. The summed E-state index contributed by atoms with van der Waals surface area (Å²) in [6.45, 7) is 0. The minimum absolute atomic E-state index is 0.347. The van der Waals surface area contributed by atoms with Gasteiger partial charge in [-0.05, 0) is 25.0 Å². The lowest BCUT2D eigenvalue weighted by atomic mass is 10.3. The van der Waals surface area contributed by atoms with E-state index in [0.717, 1.165) is 5.69 Å². The maximum absolute atomic E-state index is 9.32. The predicted octanol–water partition coefficient (Wildman–Crippen LogP) is 1.97. The van der Waals surface area contributed by atoms with Gasteiger partial charge in [0, 0.05) is 6.04 Å². The molecule has 0 spiro atoms. The first-order valence-electron chi connectivity index (χ1n) is 3.91. The maximum Gasteiger partial charge on any atom is 0.138 e. The van der Waals surface area contributed by atoms with Gasteiger partial charge in [0.05, 0.1) is 5.69 Å². The van der Waals surface area contributed by atoms with Gasteiger partial charge in [-0.25, -0.2) is 0 Å². The Morgan fingerprint density at radius 1 is 1.27 bits per heavy atom. The molecule has 0 unspecified atom stereocenters. The van der Waals surface area contributed by atoms with Crippen LogP contribution >= 0.6 is 0 Å². The second kappa shape index (κ2) is 2.46. The van der Waals surface area contributed by atoms with Crippen LogP contribution in [0, 0.1) is 0 Å². The van der Waals surface area contributed by atoms with Crippen molar-refractivity contribution in [1.82, 2.24) is 0 Å². The van der Waals surface area contributed by atoms with Gasteiger partial charge in [0.25, 0.3) is 0 Å². The number of aromatic hydroxyl groups is 1. The summed E-state index contributed by atoms with van der Waals surface area (Å²) in [5.41, 5.74) is 0.856. The summed E-state index contributed by atoms with van der Waals surface area (Å²) in [6, 6.07) is 7.94. The van der Waals surface area contributed by atoms with Gasteiger partial charge in [0.1, 0.15) is 5.75 Å². The van der Waals surface area contributed by atoms with E-state index in [1.165, 1.54) is 12.8 Å². The van der Waals surface area contributed by atoms with Gasteiger partial charge in [-0.15, -0.1) is 0 Å². The van der Waals surface area contributed by atoms with Crippen molar-refractivity contribution in [3.63, 3.8) is 0 Å². The molecule has 58 valence electrons. The van der Waals surface area contributed by atoms with Gasteiger partial charge in [0.2, 0.25) is 0 Å². The van der Waals surface area contributed by atoms with Crippen molar-refractivity contribution in [2.24, 2.45) is 0 Å². The van der Waals surface area contributed by atoms with Crippen LogP contribution in [0.2, 0.25) is 0 Å². The number of phenolic OH excluding ortho intramolecular Hbond substituents is 1. The highest BCUT2D eigenvalue weighted by Crippen LogP contribution is 2.29. The molecule has 0 saturated heterocycles. The number of nitrogens with one attached hydrogen (secondary N) is 1. The molecule has 1 aliphatic rings. The second-order valence-corrected chi connectivity index (χ2v) is 2.94. The fourth-order valence-corrected chi connectivity index (χ4v) is 1.04. The molecule has 1 saturated carbocycles. The molecular weight excluding hydrogens is 138 g/mol. The lowest BCUT2D eigenvalue weighted by molar-refractivity contribution is 0.477. The Kier molecular flexibility index (Phi) is 1.46. The number of phenols is 1. The topological polar surface area (TPSA) is 32.3 Å². The summed E-state index contributed by atoms with van der Waals surface area (Å²) >= 11 is 0. The first-order valence-corrected chi connectivity index (χ1v) is 3.91. The zero-order valence-corrected chi connectivity index (χ0v) is 6.25. The number of hydrogen-bond acceptors (Lipinski definition) is 2. The van der Waals surface area contributed by atoms with Crippen molar-refractivity contribution in [1.29, 1.82) is 0 Å². The zero-order chi connectivity index (χ0) is 7.68. The largest absolute Gasteiger partial charge is 0.506 e. The third-order valence-electron chi connectivity index (χ3n) is 1.84. The van der Waals surface area contributed by atoms with Crippen LogP contribution in [0.4, 0.5) is 5.69 Å². The fourth-order valence-electron chi connectivity index (χ4n) is 1.04. The van der Waals surface area contributed by atoms with E-state index in [4.69, 9.17) is 0 Å². The second-order valence-electron chi connectivity index (χ2n) is 2.94. The van der Waals surface area contributed by atoms with E-state index >= 15 is 0 Å². The SMILES string of the molecule is Oc1ccccc1NC1CC1. The van der Waals surface area contributed by atoms with Crippen LogP contribution in [-0.2, 0) is 0 Å². The molecule has 2 rings (SSSR count). The van der Waals surface area contributed by atoms with E-state index in [1.54, 1.807) is 6.07 Å². The average molecular weight is 149 g/mol. The molecular formula is C9H11NO. The summed E-state index contributed by atoms with van der Waals surface area (Å²) in [5, 5.41) is 12.6. The van der Waals surface area contributed by atoms with Crippen molar-refractivity contribution in [2.75, 3.05) is 5.32 Å². The quantitative estimate of drug-likeness (QED) is 0.630. The number of para-hydroxylation sites is 2. The van der Waals surface area contributed by atoms with E-state index in [0.29, 0.717) is 11.8 Å². The molecule has 2 nitrogen and oxygen atoms in total. The van der Waals surface area contributed by atoms with Crippen molar-refractivity contribution in [3.05, 3.63) is 24.3 Å². The van der Waals surface area contributed by atoms with Crippen LogP contribution in [0.25, 0.3) is 0 Å². The monoisotopic (exact) mass is 149 g/mol. The lowest BCUT2D eigenvalue weighted by Crippen LogP contribution is -2.00. The van der Waals surface area contributed by atoms with Crippen molar-refractivity contribution >= 4 is 5.69 Å². The molecule has 1 aromatic carbocycles. The van der Waals surface area contributed by atoms with Gasteiger partial charge < -0.3 is 10.4 Å². The first kappa shape index (κ1) is 6.53. The van der Waals surface area contributed by atoms with E-state index in [-0.39, 0.29) is 0 Å². The normalized spacial score (nSPS) is 16.4. The summed E-state index contributed by atoms with van der Waals surface area (Å²) < 4.78 is 0. The Balaban J connectivity index is 2.15. The molecule has 0 atom stereocenters. The fraction of sp³-hybridized carbons (Fsp3) is 0.333. The minimum Gasteiger partial charge on any atom is -0.506 e. The minimum atomic E-state index is 0.347. The number of hydrogen-bond donors (Lipinski definition) is 2. The Morgan fingerprint density at radius 3 is 2.64 bits per heavy atom. The predicted molar refractivity (Wildman–Crippen MR) is 44.8 cm³/mol. The molecule has 11 heavy (non-hydrogen) atoms. The third kappa shape index (κ3) is 1.45. The molecule has 0 aliphatic heterocycles. The molecule has 2 N–H and O–H groups in total. The Morgan fingerprint density at radius 2 is 2.00 bits per heavy atom. The van der Waals surface area contributed by atoms with Crippen molar-refractivity contribution < 1.29 is 5.11 Å². The Labute approximate surface area is 65.9 Å². The molecule has 0 bridgehead atoms. The highest BCUT2D eigenvalue weighted by molar-refractivity contribution is 5.56. The van der Waals surface area contributed by atoms with Crippen molar-refractivity contribution in [2.45, 2.75) is 18.9 Å². The molecule has 0 radical (unpaired) electrons. The van der Waals surface area contributed by atoms with E-state index in [1.807, 2.05) is 18.2 Å². The van der Waals surface area contributed by atoms with Gasteiger partial charge in [0.15, 0.2) is 0 Å². The van der Waals surface area contributed by atoms with Gasteiger partial charge >= 0.3 is 0 Å². The van der Waals surface area contributed by atoms with Crippen LogP contribution < -0.4 is 5.32 Å². The first-order chi connectivity index (χ1) is 5.36.